The number of rotatable bonds is 5. The molecule has 0 saturated heterocycles. The van der Waals surface area contributed by atoms with Gasteiger partial charge >= 0.3 is 0 Å². The Morgan fingerprint density at radius 1 is 0.864 bits per heavy atom. The fourth-order valence-electron chi connectivity index (χ4n) is 3.10. The summed E-state index contributed by atoms with van der Waals surface area (Å²) < 4.78 is 0. The lowest BCUT2D eigenvalue weighted by Crippen LogP contribution is -2.14. The van der Waals surface area contributed by atoms with E-state index in [0.717, 1.165) is 0 Å². The molecule has 0 radical (unpaired) electrons. The van der Waals surface area contributed by atoms with Crippen molar-refractivity contribution in [2.75, 3.05) is 11.9 Å². The van der Waals surface area contributed by atoms with Crippen molar-refractivity contribution in [2.24, 2.45) is 0 Å². The van der Waals surface area contributed by atoms with Crippen LogP contribution in [0.1, 0.15) is 47.6 Å². The van der Waals surface area contributed by atoms with Crippen LogP contribution in [0.4, 0.5) is 11.4 Å². The molecule has 0 aliphatic rings. The van der Waals surface area contributed by atoms with Crippen molar-refractivity contribution in [3.05, 3.63) is 58.1 Å². The third-order valence-electron chi connectivity index (χ3n) is 4.80. The number of benzene rings is 2. The van der Waals surface area contributed by atoms with Crippen LogP contribution in [0.25, 0.3) is 0 Å². The molecule has 2 aromatic rings. The molecule has 1 heteroatoms. The van der Waals surface area contributed by atoms with E-state index in [1.165, 1.54) is 58.5 Å². The Hall–Kier alpha value is -1.76. The van der Waals surface area contributed by atoms with Gasteiger partial charge in [0.1, 0.15) is 0 Å². The SMILES string of the molecule is CCCCc1ccc(N(C)c2c(C)c(C)cc(C)c2C)cc1. The quantitative estimate of drug-likeness (QED) is 0.651. The highest BCUT2D eigenvalue weighted by Crippen LogP contribution is 2.33. The van der Waals surface area contributed by atoms with E-state index in [1.54, 1.807) is 0 Å². The second kappa shape index (κ2) is 7.00. The molecule has 0 atom stereocenters. The minimum atomic E-state index is 1.18. The summed E-state index contributed by atoms with van der Waals surface area (Å²) in [6.07, 6.45) is 3.70. The minimum Gasteiger partial charge on any atom is -0.344 e. The number of hydrogen-bond acceptors (Lipinski definition) is 1. The zero-order chi connectivity index (χ0) is 16.3. The Balaban J connectivity index is 2.34. The Bertz CT molecular complexity index is 612. The zero-order valence-corrected chi connectivity index (χ0v) is 15.0. The van der Waals surface area contributed by atoms with Crippen molar-refractivity contribution in [1.82, 2.24) is 0 Å². The van der Waals surface area contributed by atoms with Crippen LogP contribution in [0.2, 0.25) is 0 Å². The molecule has 2 aromatic carbocycles. The number of anilines is 2. The van der Waals surface area contributed by atoms with Crippen LogP contribution in [-0.2, 0) is 6.42 Å². The summed E-state index contributed by atoms with van der Waals surface area (Å²) in [5, 5.41) is 0. The van der Waals surface area contributed by atoms with Crippen LogP contribution in [0, 0.1) is 27.7 Å². The van der Waals surface area contributed by atoms with E-state index >= 15 is 0 Å². The molecule has 1 nitrogen and oxygen atoms in total. The lowest BCUT2D eigenvalue weighted by Gasteiger charge is -2.26. The van der Waals surface area contributed by atoms with Gasteiger partial charge in [-0.05, 0) is 80.5 Å². The first-order valence-electron chi connectivity index (χ1n) is 8.35. The second-order valence-electron chi connectivity index (χ2n) is 6.44. The van der Waals surface area contributed by atoms with Gasteiger partial charge in [-0.15, -0.1) is 0 Å². The lowest BCUT2D eigenvalue weighted by atomic mass is 9.97. The predicted molar refractivity (Wildman–Crippen MR) is 98.5 cm³/mol. The van der Waals surface area contributed by atoms with E-state index in [-0.39, 0.29) is 0 Å². The number of aryl methyl sites for hydroxylation is 3. The molecule has 0 aliphatic carbocycles. The molecule has 0 bridgehead atoms. The van der Waals surface area contributed by atoms with E-state index in [1.807, 2.05) is 0 Å². The van der Waals surface area contributed by atoms with Crippen molar-refractivity contribution >= 4 is 11.4 Å². The highest BCUT2D eigenvalue weighted by atomic mass is 15.1. The first kappa shape index (κ1) is 16.6. The molecule has 2 rings (SSSR count). The molecule has 0 unspecified atom stereocenters. The topological polar surface area (TPSA) is 3.24 Å². The molecule has 0 spiro atoms. The monoisotopic (exact) mass is 295 g/mol. The molecule has 0 heterocycles. The minimum absolute atomic E-state index is 1.18. The van der Waals surface area contributed by atoms with Crippen LogP contribution < -0.4 is 4.90 Å². The maximum Gasteiger partial charge on any atom is 0.0472 e. The normalized spacial score (nSPS) is 10.8. The number of unbranched alkanes of at least 4 members (excludes halogenated alkanes) is 1. The molecule has 0 saturated carbocycles. The maximum absolute atomic E-state index is 2.33. The van der Waals surface area contributed by atoms with Crippen LogP contribution in [0.5, 0.6) is 0 Å². The van der Waals surface area contributed by atoms with Crippen molar-refractivity contribution in [3.8, 4) is 0 Å². The van der Waals surface area contributed by atoms with E-state index < -0.39 is 0 Å². The second-order valence-corrected chi connectivity index (χ2v) is 6.44. The summed E-state index contributed by atoms with van der Waals surface area (Å²) in [5.74, 6) is 0. The zero-order valence-electron chi connectivity index (χ0n) is 15.0. The number of hydrogen-bond donors (Lipinski definition) is 0. The Morgan fingerprint density at radius 3 is 1.91 bits per heavy atom. The average molecular weight is 295 g/mol. The lowest BCUT2D eigenvalue weighted by molar-refractivity contribution is 0.795. The van der Waals surface area contributed by atoms with Gasteiger partial charge in [-0.25, -0.2) is 0 Å². The van der Waals surface area contributed by atoms with E-state index in [4.69, 9.17) is 0 Å². The largest absolute Gasteiger partial charge is 0.344 e. The molecule has 0 N–H and O–H groups in total. The number of nitrogens with zero attached hydrogens (tertiary/aromatic N) is 1. The Labute approximate surface area is 136 Å². The highest BCUT2D eigenvalue weighted by molar-refractivity contribution is 5.71. The van der Waals surface area contributed by atoms with E-state index in [2.05, 4.69) is 76.9 Å². The standard InChI is InChI=1S/C21H29N/c1-7-8-9-19-10-12-20(13-11-19)22(6)21-17(4)15(2)14-16(3)18(21)5/h10-14H,7-9H2,1-6H3. The summed E-state index contributed by atoms with van der Waals surface area (Å²) in [4.78, 5) is 2.33. The molecule has 22 heavy (non-hydrogen) atoms. The molecular weight excluding hydrogens is 266 g/mol. The maximum atomic E-state index is 2.33. The van der Waals surface area contributed by atoms with Gasteiger partial charge in [0, 0.05) is 18.4 Å². The van der Waals surface area contributed by atoms with Crippen molar-refractivity contribution in [1.29, 1.82) is 0 Å². The third-order valence-corrected chi connectivity index (χ3v) is 4.80. The van der Waals surface area contributed by atoms with E-state index in [9.17, 15) is 0 Å². The van der Waals surface area contributed by atoms with Crippen molar-refractivity contribution in [3.63, 3.8) is 0 Å². The fourth-order valence-corrected chi connectivity index (χ4v) is 3.10. The Morgan fingerprint density at radius 2 is 1.41 bits per heavy atom. The molecule has 0 fully saturated rings. The Kier molecular flexibility index (Phi) is 5.28. The summed E-state index contributed by atoms with van der Waals surface area (Å²) >= 11 is 0. The van der Waals surface area contributed by atoms with Gasteiger partial charge in [-0.2, -0.15) is 0 Å². The van der Waals surface area contributed by atoms with Gasteiger partial charge in [-0.3, -0.25) is 0 Å². The first-order valence-corrected chi connectivity index (χ1v) is 8.35. The average Bonchev–Trinajstić information content (AvgIpc) is 2.51. The van der Waals surface area contributed by atoms with Crippen LogP contribution in [0.3, 0.4) is 0 Å². The van der Waals surface area contributed by atoms with Gasteiger partial charge < -0.3 is 4.90 Å². The summed E-state index contributed by atoms with van der Waals surface area (Å²) in [6.45, 7) is 11.1. The molecule has 0 aliphatic heterocycles. The van der Waals surface area contributed by atoms with E-state index in [0.29, 0.717) is 0 Å². The highest BCUT2D eigenvalue weighted by Gasteiger charge is 2.13. The summed E-state index contributed by atoms with van der Waals surface area (Å²) in [7, 11) is 2.18. The first-order chi connectivity index (χ1) is 10.5. The van der Waals surface area contributed by atoms with Gasteiger partial charge in [0.2, 0.25) is 0 Å². The van der Waals surface area contributed by atoms with Crippen molar-refractivity contribution < 1.29 is 0 Å². The molecule has 0 aromatic heterocycles. The third kappa shape index (κ3) is 3.35. The van der Waals surface area contributed by atoms with Crippen LogP contribution in [0.15, 0.2) is 30.3 Å². The fraction of sp³-hybridized carbons (Fsp3) is 0.429. The predicted octanol–water partition coefficient (Wildman–Crippen LogP) is 6.03. The smallest absolute Gasteiger partial charge is 0.0472 e. The van der Waals surface area contributed by atoms with Gasteiger partial charge in [0.25, 0.3) is 0 Å². The molecule has 118 valence electrons. The summed E-state index contributed by atoms with van der Waals surface area (Å²) in [6, 6.07) is 11.3. The van der Waals surface area contributed by atoms with Gasteiger partial charge in [0.05, 0.1) is 0 Å². The molecular formula is C21H29N. The van der Waals surface area contributed by atoms with Crippen LogP contribution >= 0.6 is 0 Å². The van der Waals surface area contributed by atoms with Crippen LogP contribution in [-0.4, -0.2) is 7.05 Å². The molecule has 0 amide bonds. The van der Waals surface area contributed by atoms with Gasteiger partial charge in [-0.1, -0.05) is 31.5 Å². The van der Waals surface area contributed by atoms with Crippen molar-refractivity contribution in [2.45, 2.75) is 53.9 Å². The van der Waals surface area contributed by atoms with Gasteiger partial charge in [0.15, 0.2) is 0 Å². The summed E-state index contributed by atoms with van der Waals surface area (Å²) in [5.41, 5.74) is 9.53.